The molecule has 0 aromatic heterocycles. The van der Waals surface area contributed by atoms with E-state index >= 15 is 0 Å². The molecule has 4 unspecified atom stereocenters. The van der Waals surface area contributed by atoms with Crippen molar-refractivity contribution in [3.8, 4) is 0 Å². The van der Waals surface area contributed by atoms with E-state index in [4.69, 9.17) is 55.9 Å². The number of aldehydes is 1. The van der Waals surface area contributed by atoms with Crippen molar-refractivity contribution in [2.24, 2.45) is 11.8 Å². The van der Waals surface area contributed by atoms with Gasteiger partial charge in [-0.15, -0.1) is 23.2 Å². The summed E-state index contributed by atoms with van der Waals surface area (Å²) in [6, 6.07) is 0. The van der Waals surface area contributed by atoms with Crippen LogP contribution in [0.25, 0.3) is 0 Å². The summed E-state index contributed by atoms with van der Waals surface area (Å²) >= 11 is 25.6. The molecule has 0 amide bonds. The Morgan fingerprint density at radius 2 is 1.56 bits per heavy atom. The largest absolute Gasteiger partial charge is 0.350 e. The van der Waals surface area contributed by atoms with E-state index in [1.165, 1.54) is 14.2 Å². The van der Waals surface area contributed by atoms with Crippen LogP contribution in [0.15, 0.2) is 10.1 Å². The van der Waals surface area contributed by atoms with Crippen LogP contribution < -0.4 is 0 Å². The molecule has 2 aliphatic rings. The minimum atomic E-state index is -1.47. The Morgan fingerprint density at radius 1 is 1.11 bits per heavy atom. The normalized spacial score (nSPS) is 45.7. The predicted molar refractivity (Wildman–Crippen MR) is 71.4 cm³/mol. The van der Waals surface area contributed by atoms with Gasteiger partial charge in [0.25, 0.3) is 0 Å². The minimum absolute atomic E-state index is 0.111. The number of rotatable bonds is 3. The zero-order valence-electron chi connectivity index (χ0n) is 9.97. The highest BCUT2D eigenvalue weighted by atomic mass is 35.5. The second kappa shape index (κ2) is 4.24. The zero-order chi connectivity index (χ0) is 13.9. The van der Waals surface area contributed by atoms with E-state index in [9.17, 15) is 4.79 Å². The Bertz CT molecular complexity index is 434. The van der Waals surface area contributed by atoms with E-state index in [1.54, 1.807) is 6.92 Å². The molecular formula is C11H12Cl4O3. The third kappa shape index (κ3) is 1.16. The van der Waals surface area contributed by atoms with Crippen molar-refractivity contribution in [3.05, 3.63) is 10.1 Å². The van der Waals surface area contributed by atoms with Crippen molar-refractivity contribution in [3.63, 3.8) is 0 Å². The number of methoxy groups -OCH3 is 2. The highest BCUT2D eigenvalue weighted by Gasteiger charge is 2.83. The number of fused-ring (bicyclic) bond motifs is 2. The fraction of sp³-hybridized carbons (Fsp3) is 0.727. The Kier molecular flexibility index (Phi) is 3.51. The Balaban J connectivity index is 2.80. The van der Waals surface area contributed by atoms with Crippen LogP contribution in [0.4, 0.5) is 0 Å². The van der Waals surface area contributed by atoms with Gasteiger partial charge in [-0.2, -0.15) is 0 Å². The van der Waals surface area contributed by atoms with Crippen LogP contribution >= 0.6 is 46.4 Å². The quantitative estimate of drug-likeness (QED) is 0.452. The van der Waals surface area contributed by atoms with Crippen molar-refractivity contribution >= 4 is 52.7 Å². The van der Waals surface area contributed by atoms with E-state index in [-0.39, 0.29) is 16.0 Å². The number of hydrogen-bond donors (Lipinski definition) is 0. The van der Waals surface area contributed by atoms with Crippen molar-refractivity contribution in [2.45, 2.75) is 22.5 Å². The Labute approximate surface area is 125 Å². The summed E-state index contributed by atoms with van der Waals surface area (Å²) in [6.45, 7) is 1.77. The Hall–Kier alpha value is 0.490. The smallest absolute Gasteiger partial charge is 0.218 e. The van der Waals surface area contributed by atoms with Crippen LogP contribution in [-0.2, 0) is 14.3 Å². The summed E-state index contributed by atoms with van der Waals surface area (Å²) in [7, 11) is 2.80. The lowest BCUT2D eigenvalue weighted by Gasteiger charge is -2.41. The molecule has 2 aliphatic carbocycles. The summed E-state index contributed by atoms with van der Waals surface area (Å²) in [6.07, 6.45) is 0.723. The number of alkyl halides is 2. The van der Waals surface area contributed by atoms with E-state index < -0.39 is 21.5 Å². The molecule has 0 N–H and O–H groups in total. The molecule has 0 aromatic rings. The van der Waals surface area contributed by atoms with Gasteiger partial charge in [-0.1, -0.05) is 30.1 Å². The third-order valence-corrected chi connectivity index (χ3v) is 6.87. The topological polar surface area (TPSA) is 35.5 Å². The molecule has 18 heavy (non-hydrogen) atoms. The lowest BCUT2D eigenvalue weighted by molar-refractivity contribution is -0.220. The highest BCUT2D eigenvalue weighted by Crippen LogP contribution is 2.73. The highest BCUT2D eigenvalue weighted by molar-refractivity contribution is 6.52. The number of carbonyl (C=O) groups is 1. The van der Waals surface area contributed by atoms with Gasteiger partial charge >= 0.3 is 0 Å². The maximum Gasteiger partial charge on any atom is 0.218 e. The first-order valence-electron chi connectivity index (χ1n) is 5.29. The average Bonchev–Trinajstić information content (AvgIpc) is 2.59. The van der Waals surface area contributed by atoms with E-state index in [0.29, 0.717) is 0 Å². The van der Waals surface area contributed by atoms with Gasteiger partial charge in [0.05, 0.1) is 10.1 Å². The van der Waals surface area contributed by atoms with Gasteiger partial charge in [0.2, 0.25) is 5.79 Å². The molecule has 0 saturated heterocycles. The molecule has 1 fully saturated rings. The number of hydrogen-bond acceptors (Lipinski definition) is 3. The minimum Gasteiger partial charge on any atom is -0.350 e. The van der Waals surface area contributed by atoms with Gasteiger partial charge in [-0.3, -0.25) is 0 Å². The number of halogens is 4. The summed E-state index contributed by atoms with van der Waals surface area (Å²) in [5.41, 5.74) is 0. The molecule has 0 heterocycles. The maximum absolute atomic E-state index is 11.3. The fourth-order valence-corrected chi connectivity index (χ4v) is 5.38. The molecule has 4 atom stereocenters. The van der Waals surface area contributed by atoms with Crippen molar-refractivity contribution in [1.82, 2.24) is 0 Å². The van der Waals surface area contributed by atoms with Gasteiger partial charge in [0.1, 0.15) is 16.0 Å². The van der Waals surface area contributed by atoms with Crippen LogP contribution in [-0.4, -0.2) is 36.0 Å². The predicted octanol–water partition coefficient (Wildman–Crippen LogP) is 3.10. The molecule has 0 spiro atoms. The third-order valence-electron chi connectivity index (χ3n) is 4.14. The van der Waals surface area contributed by atoms with Crippen molar-refractivity contribution in [2.75, 3.05) is 14.2 Å². The maximum atomic E-state index is 11.3. The second-order valence-corrected chi connectivity index (χ2v) is 6.48. The summed E-state index contributed by atoms with van der Waals surface area (Å²) in [5, 5.41) is 0.287. The van der Waals surface area contributed by atoms with E-state index in [0.717, 1.165) is 6.29 Å². The molecule has 7 heteroatoms. The molecule has 0 aliphatic heterocycles. The standard InChI is InChI=1S/C11H12Cl4O3/c1-5-6(4-16)10(15)8(13)7(12)9(5,14)11(10,17-2)18-3/h4-6H,1-3H3. The molecular weight excluding hydrogens is 322 g/mol. The van der Waals surface area contributed by atoms with Crippen molar-refractivity contribution < 1.29 is 14.3 Å². The van der Waals surface area contributed by atoms with Gasteiger partial charge in [-0.05, 0) is 5.92 Å². The fourth-order valence-electron chi connectivity index (χ4n) is 3.22. The summed E-state index contributed by atoms with van der Waals surface area (Å²) in [4.78, 5) is 8.67. The average molecular weight is 334 g/mol. The van der Waals surface area contributed by atoms with Gasteiger partial charge in [0.15, 0.2) is 0 Å². The van der Waals surface area contributed by atoms with Gasteiger partial charge < -0.3 is 14.3 Å². The van der Waals surface area contributed by atoms with Gasteiger partial charge in [0, 0.05) is 20.1 Å². The molecule has 0 aromatic carbocycles. The molecule has 2 rings (SSSR count). The number of carbonyl (C=O) groups excluding carboxylic acids is 1. The lowest BCUT2D eigenvalue weighted by atomic mass is 9.84. The molecule has 3 nitrogen and oxygen atoms in total. The first-order valence-corrected chi connectivity index (χ1v) is 6.80. The first-order chi connectivity index (χ1) is 8.29. The van der Waals surface area contributed by atoms with Crippen LogP contribution in [0.2, 0.25) is 0 Å². The zero-order valence-corrected chi connectivity index (χ0v) is 13.0. The monoisotopic (exact) mass is 332 g/mol. The summed E-state index contributed by atoms with van der Waals surface area (Å²) in [5.74, 6) is -2.49. The van der Waals surface area contributed by atoms with Crippen LogP contribution in [0.3, 0.4) is 0 Å². The second-order valence-electron chi connectivity index (χ2n) is 4.53. The van der Waals surface area contributed by atoms with E-state index in [2.05, 4.69) is 0 Å². The Morgan fingerprint density at radius 3 is 1.89 bits per heavy atom. The molecule has 1 saturated carbocycles. The first kappa shape index (κ1) is 14.9. The summed E-state index contributed by atoms with van der Waals surface area (Å²) < 4.78 is 10.9. The van der Waals surface area contributed by atoms with Crippen LogP contribution in [0.5, 0.6) is 0 Å². The number of ether oxygens (including phenoxy) is 2. The molecule has 2 bridgehead atoms. The molecule has 102 valence electrons. The van der Waals surface area contributed by atoms with Crippen LogP contribution in [0, 0.1) is 11.8 Å². The van der Waals surface area contributed by atoms with Crippen molar-refractivity contribution in [1.29, 1.82) is 0 Å². The van der Waals surface area contributed by atoms with Crippen LogP contribution in [0.1, 0.15) is 6.92 Å². The van der Waals surface area contributed by atoms with Gasteiger partial charge in [-0.25, -0.2) is 0 Å². The van der Waals surface area contributed by atoms with E-state index in [1.807, 2.05) is 0 Å². The lowest BCUT2D eigenvalue weighted by Crippen LogP contribution is -2.57. The molecule has 0 radical (unpaired) electrons. The SMILES string of the molecule is COC1(OC)C2(Cl)C(Cl)=C(Cl)C1(Cl)C(C=O)C2C.